The van der Waals surface area contributed by atoms with E-state index in [1.54, 1.807) is 14.2 Å². The van der Waals surface area contributed by atoms with Gasteiger partial charge in [-0.05, 0) is 64.2 Å². The molecule has 3 nitrogen and oxygen atoms in total. The van der Waals surface area contributed by atoms with Crippen molar-refractivity contribution < 1.29 is 9.47 Å². The molecular weight excluding hydrogens is 430 g/mol. The maximum Gasteiger partial charge on any atom is 0.118 e. The molecule has 0 unspecified atom stereocenters. The Morgan fingerprint density at radius 1 is 0.543 bits per heavy atom. The van der Waals surface area contributed by atoms with Crippen molar-refractivity contribution in [2.45, 2.75) is 0 Å². The van der Waals surface area contributed by atoms with Gasteiger partial charge >= 0.3 is 0 Å². The van der Waals surface area contributed by atoms with Crippen LogP contribution < -0.4 is 9.47 Å². The number of nitrogens with one attached hydrogen (secondary N) is 1. The lowest BCUT2D eigenvalue weighted by atomic mass is 9.87. The van der Waals surface area contributed by atoms with E-state index in [0.717, 1.165) is 39.2 Å². The highest BCUT2D eigenvalue weighted by Crippen LogP contribution is 2.45. The topological polar surface area (TPSA) is 34.2 Å². The number of para-hydroxylation sites is 1. The summed E-state index contributed by atoms with van der Waals surface area (Å²) in [5, 5.41) is 2.45. The van der Waals surface area contributed by atoms with Crippen LogP contribution in [-0.4, -0.2) is 19.2 Å². The summed E-state index contributed by atoms with van der Waals surface area (Å²) in [5.74, 6) is 1.68. The number of aromatic nitrogens is 1. The monoisotopic (exact) mass is 455 g/mol. The fraction of sp³-hybridized carbons (Fsp3) is 0.0625. The third-order valence-corrected chi connectivity index (χ3v) is 6.65. The molecule has 3 heteroatoms. The quantitative estimate of drug-likeness (QED) is 0.283. The summed E-state index contributed by atoms with van der Waals surface area (Å²) >= 11 is 0. The molecule has 5 aromatic carbocycles. The van der Waals surface area contributed by atoms with Crippen molar-refractivity contribution in [2.24, 2.45) is 0 Å². The molecule has 0 saturated heterocycles. The van der Waals surface area contributed by atoms with E-state index in [4.69, 9.17) is 9.47 Å². The van der Waals surface area contributed by atoms with Crippen LogP contribution in [0.25, 0.3) is 55.2 Å². The van der Waals surface area contributed by atoms with Crippen LogP contribution in [0.2, 0.25) is 0 Å². The fourth-order valence-electron chi connectivity index (χ4n) is 4.93. The molecule has 1 aromatic heterocycles. The minimum Gasteiger partial charge on any atom is -0.497 e. The molecule has 0 spiro atoms. The predicted molar refractivity (Wildman–Crippen MR) is 145 cm³/mol. The summed E-state index contributed by atoms with van der Waals surface area (Å²) < 4.78 is 10.9. The molecular formula is C32H25NO2. The standard InChI is InChI=1S/C32H25NO2/c1-34-24-16-12-22(13-17-24)27-20-28(21-8-4-3-5-9-21)31-26-10-6-7-11-29(26)33-32(31)30(27)23-14-18-25(35-2)19-15-23/h3-20,33H,1-2H3. The highest BCUT2D eigenvalue weighted by Gasteiger charge is 2.20. The van der Waals surface area contributed by atoms with Crippen molar-refractivity contribution in [1.82, 2.24) is 4.98 Å². The van der Waals surface area contributed by atoms with E-state index in [2.05, 4.69) is 89.9 Å². The van der Waals surface area contributed by atoms with Crippen molar-refractivity contribution in [3.8, 4) is 44.9 Å². The molecule has 0 bridgehead atoms. The number of rotatable bonds is 5. The van der Waals surface area contributed by atoms with Gasteiger partial charge in [0, 0.05) is 21.9 Å². The maximum atomic E-state index is 5.44. The second-order valence-corrected chi connectivity index (χ2v) is 8.59. The second-order valence-electron chi connectivity index (χ2n) is 8.59. The third-order valence-electron chi connectivity index (χ3n) is 6.65. The van der Waals surface area contributed by atoms with Crippen LogP contribution in [0, 0.1) is 0 Å². The largest absolute Gasteiger partial charge is 0.497 e. The summed E-state index contributed by atoms with van der Waals surface area (Å²) in [6, 6.07) is 38.1. The molecule has 170 valence electrons. The molecule has 0 amide bonds. The Hall–Kier alpha value is -4.50. The average molecular weight is 456 g/mol. The Labute approximate surface area is 204 Å². The van der Waals surface area contributed by atoms with Gasteiger partial charge in [-0.15, -0.1) is 0 Å². The van der Waals surface area contributed by atoms with Gasteiger partial charge in [0.05, 0.1) is 19.7 Å². The summed E-state index contributed by atoms with van der Waals surface area (Å²) in [4.78, 5) is 3.76. The molecule has 6 rings (SSSR count). The summed E-state index contributed by atoms with van der Waals surface area (Å²) in [6.45, 7) is 0. The lowest BCUT2D eigenvalue weighted by Crippen LogP contribution is -1.92. The third kappa shape index (κ3) is 3.62. The molecule has 0 aliphatic heterocycles. The molecule has 6 aromatic rings. The van der Waals surface area contributed by atoms with E-state index in [0.29, 0.717) is 0 Å². The van der Waals surface area contributed by atoms with Gasteiger partial charge in [0.25, 0.3) is 0 Å². The van der Waals surface area contributed by atoms with E-state index in [1.807, 2.05) is 24.3 Å². The summed E-state index contributed by atoms with van der Waals surface area (Å²) in [6.07, 6.45) is 0. The van der Waals surface area contributed by atoms with Crippen LogP contribution in [0.15, 0.2) is 109 Å². The summed E-state index contributed by atoms with van der Waals surface area (Å²) in [7, 11) is 3.39. The minimum atomic E-state index is 0.841. The second kappa shape index (κ2) is 8.69. The molecule has 0 radical (unpaired) electrons. The van der Waals surface area contributed by atoms with Crippen LogP contribution in [-0.2, 0) is 0 Å². The van der Waals surface area contributed by atoms with Crippen LogP contribution in [0.1, 0.15) is 0 Å². The van der Waals surface area contributed by atoms with Crippen molar-refractivity contribution in [1.29, 1.82) is 0 Å². The number of H-pyrrole nitrogens is 1. The minimum absolute atomic E-state index is 0.841. The van der Waals surface area contributed by atoms with E-state index >= 15 is 0 Å². The Morgan fingerprint density at radius 2 is 1.11 bits per heavy atom. The number of hydrogen-bond donors (Lipinski definition) is 1. The van der Waals surface area contributed by atoms with Crippen LogP contribution >= 0.6 is 0 Å². The first-order valence-corrected chi connectivity index (χ1v) is 11.7. The number of benzene rings is 5. The number of hydrogen-bond acceptors (Lipinski definition) is 2. The Balaban J connectivity index is 1.76. The van der Waals surface area contributed by atoms with E-state index < -0.39 is 0 Å². The first kappa shape index (κ1) is 21.1. The fourth-order valence-corrected chi connectivity index (χ4v) is 4.93. The van der Waals surface area contributed by atoms with E-state index in [1.165, 1.54) is 27.5 Å². The van der Waals surface area contributed by atoms with Crippen molar-refractivity contribution in [3.05, 3.63) is 109 Å². The highest BCUT2D eigenvalue weighted by molar-refractivity contribution is 6.20. The number of ether oxygens (including phenoxy) is 2. The zero-order valence-corrected chi connectivity index (χ0v) is 19.7. The van der Waals surface area contributed by atoms with E-state index in [9.17, 15) is 0 Å². The zero-order chi connectivity index (χ0) is 23.8. The van der Waals surface area contributed by atoms with Crippen molar-refractivity contribution >= 4 is 21.8 Å². The highest BCUT2D eigenvalue weighted by atomic mass is 16.5. The van der Waals surface area contributed by atoms with Crippen molar-refractivity contribution in [3.63, 3.8) is 0 Å². The van der Waals surface area contributed by atoms with Gasteiger partial charge in [-0.2, -0.15) is 0 Å². The van der Waals surface area contributed by atoms with Crippen molar-refractivity contribution in [2.75, 3.05) is 14.2 Å². The van der Waals surface area contributed by atoms with Crippen LogP contribution in [0.4, 0.5) is 0 Å². The molecule has 1 N–H and O–H groups in total. The Morgan fingerprint density at radius 3 is 1.77 bits per heavy atom. The maximum absolute atomic E-state index is 5.44. The number of fused-ring (bicyclic) bond motifs is 3. The molecule has 35 heavy (non-hydrogen) atoms. The number of aromatic amines is 1. The molecule has 0 aliphatic carbocycles. The molecule has 1 heterocycles. The van der Waals surface area contributed by atoms with Gasteiger partial charge in [0.1, 0.15) is 11.5 Å². The lowest BCUT2D eigenvalue weighted by molar-refractivity contribution is 0.414. The van der Waals surface area contributed by atoms with Crippen LogP contribution in [0.3, 0.4) is 0 Å². The van der Waals surface area contributed by atoms with Gasteiger partial charge in [-0.25, -0.2) is 0 Å². The smallest absolute Gasteiger partial charge is 0.118 e. The van der Waals surface area contributed by atoms with Gasteiger partial charge < -0.3 is 14.5 Å². The lowest BCUT2D eigenvalue weighted by Gasteiger charge is -2.17. The van der Waals surface area contributed by atoms with E-state index in [-0.39, 0.29) is 0 Å². The molecule has 0 atom stereocenters. The SMILES string of the molecule is COc1ccc(-c2cc(-c3ccccc3)c3c([nH]c4ccccc43)c2-c2ccc(OC)cc2)cc1. The Kier molecular flexibility index (Phi) is 5.23. The molecule has 0 aliphatic rings. The first-order valence-electron chi connectivity index (χ1n) is 11.7. The van der Waals surface area contributed by atoms with Gasteiger partial charge in [-0.1, -0.05) is 72.8 Å². The van der Waals surface area contributed by atoms with Gasteiger partial charge in [0.15, 0.2) is 0 Å². The predicted octanol–water partition coefficient (Wildman–Crippen LogP) is 8.34. The Bertz CT molecular complexity index is 1630. The molecule has 0 saturated carbocycles. The summed E-state index contributed by atoms with van der Waals surface area (Å²) in [5.41, 5.74) is 9.26. The normalized spacial score (nSPS) is 11.1. The number of methoxy groups -OCH3 is 2. The van der Waals surface area contributed by atoms with Gasteiger partial charge in [0.2, 0.25) is 0 Å². The first-order chi connectivity index (χ1) is 17.3. The zero-order valence-electron chi connectivity index (χ0n) is 19.7. The average Bonchev–Trinajstić information content (AvgIpc) is 3.32. The van der Waals surface area contributed by atoms with Gasteiger partial charge in [-0.3, -0.25) is 0 Å². The molecule has 0 fully saturated rings. The van der Waals surface area contributed by atoms with Crippen LogP contribution in [0.5, 0.6) is 11.5 Å².